The smallest absolute Gasteiger partial charge is 0.166 e. The van der Waals surface area contributed by atoms with Gasteiger partial charge in [0.1, 0.15) is 23.2 Å². The minimum atomic E-state index is -0.803. The van der Waals surface area contributed by atoms with Crippen LogP contribution in [-0.2, 0) is 0 Å². The molecule has 20 heavy (non-hydrogen) atoms. The van der Waals surface area contributed by atoms with Gasteiger partial charge in [-0.25, -0.2) is 8.78 Å². The zero-order valence-corrected chi connectivity index (χ0v) is 10.6. The van der Waals surface area contributed by atoms with Crippen molar-refractivity contribution in [1.82, 2.24) is 0 Å². The molecule has 2 aromatic rings. The van der Waals surface area contributed by atoms with E-state index in [-0.39, 0.29) is 17.1 Å². The predicted octanol–water partition coefficient (Wildman–Crippen LogP) is 3.68. The standard InChI is InChI=1S/C15H11F2NO2/c1-9(19)10-5-6-15(13(17)7-10)20-14-4-2-3-12(16)11(14)8-18/h2-7,9,19H,1H3/t9-/m1/s1. The van der Waals surface area contributed by atoms with E-state index in [9.17, 15) is 13.9 Å². The normalized spacial score (nSPS) is 11.8. The second kappa shape index (κ2) is 5.68. The Balaban J connectivity index is 2.36. The number of ether oxygens (including phenoxy) is 1. The van der Waals surface area contributed by atoms with Gasteiger partial charge in [-0.1, -0.05) is 12.1 Å². The van der Waals surface area contributed by atoms with Gasteiger partial charge in [0.25, 0.3) is 0 Å². The molecule has 102 valence electrons. The largest absolute Gasteiger partial charge is 0.453 e. The fourth-order valence-corrected chi connectivity index (χ4v) is 1.68. The SMILES string of the molecule is C[C@@H](O)c1ccc(Oc2cccc(F)c2C#N)c(F)c1. The number of aliphatic hydroxyl groups excluding tert-OH is 1. The fourth-order valence-electron chi connectivity index (χ4n) is 1.68. The molecule has 0 heterocycles. The lowest BCUT2D eigenvalue weighted by Crippen LogP contribution is -1.96. The van der Waals surface area contributed by atoms with Crippen LogP contribution in [0.1, 0.15) is 24.2 Å². The van der Waals surface area contributed by atoms with Crippen LogP contribution < -0.4 is 4.74 Å². The number of aliphatic hydroxyl groups is 1. The van der Waals surface area contributed by atoms with Crippen LogP contribution >= 0.6 is 0 Å². The first-order valence-corrected chi connectivity index (χ1v) is 5.87. The van der Waals surface area contributed by atoms with Crippen molar-refractivity contribution in [2.45, 2.75) is 13.0 Å². The topological polar surface area (TPSA) is 53.2 Å². The second-order valence-corrected chi connectivity index (χ2v) is 4.19. The molecule has 0 aliphatic rings. The van der Waals surface area contributed by atoms with Crippen molar-refractivity contribution < 1.29 is 18.6 Å². The van der Waals surface area contributed by atoms with Crippen LogP contribution in [-0.4, -0.2) is 5.11 Å². The minimum absolute atomic E-state index is 0.0591. The summed E-state index contributed by atoms with van der Waals surface area (Å²) >= 11 is 0. The highest BCUT2D eigenvalue weighted by Gasteiger charge is 2.13. The number of rotatable bonds is 3. The highest BCUT2D eigenvalue weighted by atomic mass is 19.1. The highest BCUT2D eigenvalue weighted by Crippen LogP contribution is 2.29. The van der Waals surface area contributed by atoms with E-state index in [0.29, 0.717) is 5.56 Å². The molecular weight excluding hydrogens is 264 g/mol. The Morgan fingerprint density at radius 1 is 1.15 bits per heavy atom. The summed E-state index contributed by atoms with van der Waals surface area (Å²) in [7, 11) is 0. The van der Waals surface area contributed by atoms with Crippen LogP contribution in [0.2, 0.25) is 0 Å². The Hall–Kier alpha value is -2.45. The first-order chi connectivity index (χ1) is 9.52. The Kier molecular flexibility index (Phi) is 3.97. The molecule has 1 atom stereocenters. The van der Waals surface area contributed by atoms with E-state index in [1.807, 2.05) is 0 Å². The van der Waals surface area contributed by atoms with E-state index in [4.69, 9.17) is 10.00 Å². The zero-order chi connectivity index (χ0) is 14.7. The molecule has 0 aromatic heterocycles. The summed E-state index contributed by atoms with van der Waals surface area (Å²) < 4.78 is 32.4. The minimum Gasteiger partial charge on any atom is -0.453 e. The number of nitrogens with zero attached hydrogens (tertiary/aromatic N) is 1. The molecule has 0 amide bonds. The molecule has 0 aliphatic carbocycles. The van der Waals surface area contributed by atoms with Gasteiger partial charge in [-0.15, -0.1) is 0 Å². The number of benzene rings is 2. The molecule has 5 heteroatoms. The molecular formula is C15H11F2NO2. The lowest BCUT2D eigenvalue weighted by Gasteiger charge is -2.10. The lowest BCUT2D eigenvalue weighted by atomic mass is 10.1. The van der Waals surface area contributed by atoms with Gasteiger partial charge in [-0.05, 0) is 36.8 Å². The van der Waals surface area contributed by atoms with E-state index in [1.165, 1.54) is 31.2 Å². The monoisotopic (exact) mass is 275 g/mol. The van der Waals surface area contributed by atoms with Crippen LogP contribution in [0.3, 0.4) is 0 Å². The molecule has 0 radical (unpaired) electrons. The van der Waals surface area contributed by atoms with E-state index >= 15 is 0 Å². The molecule has 2 aromatic carbocycles. The Morgan fingerprint density at radius 2 is 1.90 bits per heavy atom. The molecule has 0 unspecified atom stereocenters. The molecule has 1 N–H and O–H groups in total. The van der Waals surface area contributed by atoms with Gasteiger partial charge in [-0.2, -0.15) is 5.26 Å². The highest BCUT2D eigenvalue weighted by molar-refractivity contribution is 5.46. The maximum absolute atomic E-state index is 13.8. The number of nitriles is 1. The van der Waals surface area contributed by atoms with Gasteiger partial charge in [0.15, 0.2) is 11.6 Å². The predicted molar refractivity (Wildman–Crippen MR) is 68.2 cm³/mol. The van der Waals surface area contributed by atoms with Crippen molar-refractivity contribution in [2.24, 2.45) is 0 Å². The maximum Gasteiger partial charge on any atom is 0.166 e. The quantitative estimate of drug-likeness (QED) is 0.929. The van der Waals surface area contributed by atoms with E-state index in [0.717, 1.165) is 12.1 Å². The van der Waals surface area contributed by atoms with Crippen molar-refractivity contribution in [3.8, 4) is 17.6 Å². The average Bonchev–Trinajstić information content (AvgIpc) is 2.41. The van der Waals surface area contributed by atoms with Crippen molar-refractivity contribution in [3.05, 3.63) is 59.2 Å². The summed E-state index contributed by atoms with van der Waals surface area (Å²) in [6.07, 6.45) is -0.803. The summed E-state index contributed by atoms with van der Waals surface area (Å²) in [5.74, 6) is -1.63. The third kappa shape index (κ3) is 2.76. The summed E-state index contributed by atoms with van der Waals surface area (Å²) in [4.78, 5) is 0. The second-order valence-electron chi connectivity index (χ2n) is 4.19. The number of halogens is 2. The molecule has 0 spiro atoms. The van der Waals surface area contributed by atoms with Gasteiger partial charge in [0.05, 0.1) is 6.10 Å². The van der Waals surface area contributed by atoms with Crippen LogP contribution in [0.4, 0.5) is 8.78 Å². The van der Waals surface area contributed by atoms with E-state index < -0.39 is 17.7 Å². The Morgan fingerprint density at radius 3 is 2.50 bits per heavy atom. The third-order valence-corrected chi connectivity index (χ3v) is 2.75. The fraction of sp³-hybridized carbons (Fsp3) is 0.133. The molecule has 0 bridgehead atoms. The molecule has 0 aliphatic heterocycles. The van der Waals surface area contributed by atoms with Crippen LogP contribution in [0.25, 0.3) is 0 Å². The van der Waals surface area contributed by atoms with Crippen LogP contribution in [0.15, 0.2) is 36.4 Å². The molecule has 3 nitrogen and oxygen atoms in total. The van der Waals surface area contributed by atoms with Gasteiger partial charge < -0.3 is 9.84 Å². The molecule has 0 saturated heterocycles. The summed E-state index contributed by atoms with van der Waals surface area (Å²) in [6.45, 7) is 1.51. The van der Waals surface area contributed by atoms with Crippen molar-refractivity contribution in [3.63, 3.8) is 0 Å². The average molecular weight is 275 g/mol. The van der Waals surface area contributed by atoms with Crippen LogP contribution in [0, 0.1) is 23.0 Å². The Labute approximate surface area is 114 Å². The Bertz CT molecular complexity index is 678. The van der Waals surface area contributed by atoms with Gasteiger partial charge in [0.2, 0.25) is 0 Å². The zero-order valence-electron chi connectivity index (χ0n) is 10.6. The van der Waals surface area contributed by atoms with Crippen LogP contribution in [0.5, 0.6) is 11.5 Å². The molecule has 0 saturated carbocycles. The number of hydrogen-bond donors (Lipinski definition) is 1. The van der Waals surface area contributed by atoms with Gasteiger partial charge in [0, 0.05) is 0 Å². The molecule has 0 fully saturated rings. The van der Waals surface area contributed by atoms with E-state index in [1.54, 1.807) is 6.07 Å². The van der Waals surface area contributed by atoms with Gasteiger partial charge in [-0.3, -0.25) is 0 Å². The van der Waals surface area contributed by atoms with Crippen molar-refractivity contribution in [1.29, 1.82) is 5.26 Å². The van der Waals surface area contributed by atoms with E-state index in [2.05, 4.69) is 0 Å². The maximum atomic E-state index is 13.8. The summed E-state index contributed by atoms with van der Waals surface area (Å²) in [5.41, 5.74) is 0.112. The first-order valence-electron chi connectivity index (χ1n) is 5.87. The first kappa shape index (κ1) is 14.0. The van der Waals surface area contributed by atoms with Crippen molar-refractivity contribution >= 4 is 0 Å². The lowest BCUT2D eigenvalue weighted by molar-refractivity contribution is 0.198. The summed E-state index contributed by atoms with van der Waals surface area (Å²) in [6, 6.07) is 9.49. The number of hydrogen-bond acceptors (Lipinski definition) is 3. The van der Waals surface area contributed by atoms with Gasteiger partial charge >= 0.3 is 0 Å². The third-order valence-electron chi connectivity index (χ3n) is 2.75. The summed E-state index contributed by atoms with van der Waals surface area (Å²) in [5, 5.41) is 18.2. The molecule has 2 rings (SSSR count). The van der Waals surface area contributed by atoms with Crippen molar-refractivity contribution in [2.75, 3.05) is 0 Å².